The molecule has 2 aromatic heterocycles. The van der Waals surface area contributed by atoms with Crippen LogP contribution in [0, 0.1) is 0 Å². The van der Waals surface area contributed by atoms with Crippen molar-refractivity contribution in [3.8, 4) is 11.5 Å². The van der Waals surface area contributed by atoms with Gasteiger partial charge in [-0.05, 0) is 30.3 Å². The van der Waals surface area contributed by atoms with Gasteiger partial charge >= 0.3 is 0 Å². The van der Waals surface area contributed by atoms with Crippen LogP contribution in [0.3, 0.4) is 0 Å². The highest BCUT2D eigenvalue weighted by Crippen LogP contribution is 2.21. The van der Waals surface area contributed by atoms with E-state index in [0.717, 1.165) is 0 Å². The van der Waals surface area contributed by atoms with E-state index in [0.29, 0.717) is 22.7 Å². The van der Waals surface area contributed by atoms with Crippen LogP contribution in [0.4, 0.5) is 5.69 Å². The molecule has 0 saturated heterocycles. The van der Waals surface area contributed by atoms with Crippen molar-refractivity contribution in [2.45, 2.75) is 0 Å². The molecule has 0 radical (unpaired) electrons. The van der Waals surface area contributed by atoms with Gasteiger partial charge in [-0.15, -0.1) is 0 Å². The van der Waals surface area contributed by atoms with Crippen LogP contribution in [0.25, 0.3) is 0 Å². The predicted molar refractivity (Wildman–Crippen MR) is 81.9 cm³/mol. The van der Waals surface area contributed by atoms with Gasteiger partial charge in [0.15, 0.2) is 0 Å². The molecular weight excluding hydrogens is 280 g/mol. The second-order valence-corrected chi connectivity index (χ2v) is 4.67. The summed E-state index contributed by atoms with van der Waals surface area (Å²) >= 11 is 0. The summed E-state index contributed by atoms with van der Waals surface area (Å²) in [6.45, 7) is 0. The van der Waals surface area contributed by atoms with Gasteiger partial charge in [-0.1, -0.05) is 6.07 Å². The summed E-state index contributed by atoms with van der Waals surface area (Å²) in [5, 5.41) is 6.79. The van der Waals surface area contributed by atoms with Crippen LogP contribution in [0.5, 0.6) is 11.5 Å². The number of hydrogen-bond donors (Lipinski definition) is 1. The van der Waals surface area contributed by atoms with Crippen molar-refractivity contribution in [2.75, 3.05) is 5.32 Å². The summed E-state index contributed by atoms with van der Waals surface area (Å²) < 4.78 is 7.31. The van der Waals surface area contributed by atoms with E-state index in [1.807, 2.05) is 0 Å². The molecule has 2 heterocycles. The van der Waals surface area contributed by atoms with E-state index >= 15 is 0 Å². The van der Waals surface area contributed by atoms with Crippen molar-refractivity contribution in [3.63, 3.8) is 0 Å². The Morgan fingerprint density at radius 1 is 1.18 bits per heavy atom. The maximum Gasteiger partial charge on any atom is 0.255 e. The molecule has 1 amide bonds. The van der Waals surface area contributed by atoms with Crippen LogP contribution < -0.4 is 10.1 Å². The first kappa shape index (κ1) is 13.8. The van der Waals surface area contributed by atoms with E-state index in [1.165, 1.54) is 0 Å². The Morgan fingerprint density at radius 3 is 2.73 bits per heavy atom. The predicted octanol–water partition coefficient (Wildman–Crippen LogP) is 2.86. The molecule has 0 aliphatic rings. The standard InChI is InChI=1S/C16H14N4O2/c1-20-11-13(10-18-20)19-16(21)12-3-2-4-15(9-12)22-14-5-7-17-8-6-14/h2-11H,1H3,(H,19,21). The lowest BCUT2D eigenvalue weighted by Gasteiger charge is -2.07. The fourth-order valence-corrected chi connectivity index (χ4v) is 1.93. The molecule has 0 aliphatic carbocycles. The third-order valence-corrected chi connectivity index (χ3v) is 2.94. The third-order valence-electron chi connectivity index (χ3n) is 2.94. The van der Waals surface area contributed by atoms with Crippen molar-refractivity contribution in [1.82, 2.24) is 14.8 Å². The first-order chi connectivity index (χ1) is 10.7. The summed E-state index contributed by atoms with van der Waals surface area (Å²) in [4.78, 5) is 16.1. The zero-order valence-electron chi connectivity index (χ0n) is 11.9. The van der Waals surface area contributed by atoms with Crippen LogP contribution in [-0.4, -0.2) is 20.7 Å². The topological polar surface area (TPSA) is 69.0 Å². The number of aromatic nitrogens is 3. The fourth-order valence-electron chi connectivity index (χ4n) is 1.93. The monoisotopic (exact) mass is 294 g/mol. The van der Waals surface area contributed by atoms with E-state index in [9.17, 15) is 4.79 Å². The minimum Gasteiger partial charge on any atom is -0.457 e. The maximum absolute atomic E-state index is 12.2. The van der Waals surface area contributed by atoms with E-state index in [4.69, 9.17) is 4.74 Å². The zero-order chi connectivity index (χ0) is 15.4. The van der Waals surface area contributed by atoms with Gasteiger partial charge in [0.1, 0.15) is 11.5 Å². The van der Waals surface area contributed by atoms with Crippen LogP contribution in [0.1, 0.15) is 10.4 Å². The SMILES string of the molecule is Cn1cc(NC(=O)c2cccc(Oc3ccncc3)c2)cn1. The zero-order valence-corrected chi connectivity index (χ0v) is 11.9. The quantitative estimate of drug-likeness (QED) is 0.803. The smallest absolute Gasteiger partial charge is 0.255 e. The second kappa shape index (κ2) is 6.09. The molecule has 0 unspecified atom stereocenters. The summed E-state index contributed by atoms with van der Waals surface area (Å²) in [5.74, 6) is 1.04. The highest BCUT2D eigenvalue weighted by molar-refractivity contribution is 6.04. The molecule has 0 atom stereocenters. The Bertz CT molecular complexity index is 784. The normalized spacial score (nSPS) is 10.2. The van der Waals surface area contributed by atoms with Crippen LogP contribution in [0.15, 0.2) is 61.2 Å². The number of anilines is 1. The number of ether oxygens (including phenoxy) is 1. The molecule has 0 spiro atoms. The van der Waals surface area contributed by atoms with Crippen molar-refractivity contribution in [1.29, 1.82) is 0 Å². The Labute approximate surface area is 127 Å². The molecule has 1 aromatic carbocycles. The molecule has 0 saturated carbocycles. The summed E-state index contributed by atoms with van der Waals surface area (Å²) in [6, 6.07) is 10.5. The third kappa shape index (κ3) is 3.29. The molecule has 3 rings (SSSR count). The van der Waals surface area contributed by atoms with E-state index < -0.39 is 0 Å². The van der Waals surface area contributed by atoms with E-state index in [2.05, 4.69) is 15.4 Å². The Hall–Kier alpha value is -3.15. The van der Waals surface area contributed by atoms with Crippen LogP contribution >= 0.6 is 0 Å². The second-order valence-electron chi connectivity index (χ2n) is 4.67. The largest absolute Gasteiger partial charge is 0.457 e. The van der Waals surface area contributed by atoms with Gasteiger partial charge < -0.3 is 10.1 Å². The number of carbonyl (C=O) groups excluding carboxylic acids is 1. The molecule has 6 heteroatoms. The molecule has 1 N–H and O–H groups in total. The lowest BCUT2D eigenvalue weighted by atomic mass is 10.2. The summed E-state index contributed by atoms with van der Waals surface area (Å²) in [7, 11) is 1.79. The summed E-state index contributed by atoms with van der Waals surface area (Å²) in [6.07, 6.45) is 6.62. The molecule has 6 nitrogen and oxygen atoms in total. The molecule has 0 aliphatic heterocycles. The molecule has 3 aromatic rings. The molecule has 0 bridgehead atoms. The number of carbonyl (C=O) groups is 1. The van der Waals surface area contributed by atoms with Gasteiger partial charge in [0, 0.05) is 31.2 Å². The van der Waals surface area contributed by atoms with E-state index in [-0.39, 0.29) is 5.91 Å². The van der Waals surface area contributed by atoms with Crippen molar-refractivity contribution in [2.24, 2.45) is 7.05 Å². The number of nitrogens with zero attached hydrogens (tertiary/aromatic N) is 3. The van der Waals surface area contributed by atoms with Crippen molar-refractivity contribution >= 4 is 11.6 Å². The lowest BCUT2D eigenvalue weighted by molar-refractivity contribution is 0.102. The van der Waals surface area contributed by atoms with Gasteiger partial charge in [-0.2, -0.15) is 5.10 Å². The Balaban J connectivity index is 1.74. The average Bonchev–Trinajstić information content (AvgIpc) is 2.93. The highest BCUT2D eigenvalue weighted by Gasteiger charge is 2.08. The fraction of sp³-hybridized carbons (Fsp3) is 0.0625. The van der Waals surface area contributed by atoms with Crippen LogP contribution in [-0.2, 0) is 7.05 Å². The number of benzene rings is 1. The summed E-state index contributed by atoms with van der Waals surface area (Å²) in [5.41, 5.74) is 1.16. The van der Waals surface area contributed by atoms with Gasteiger partial charge in [-0.3, -0.25) is 14.5 Å². The van der Waals surface area contributed by atoms with Crippen LogP contribution in [0.2, 0.25) is 0 Å². The van der Waals surface area contributed by atoms with Crippen molar-refractivity contribution in [3.05, 3.63) is 66.7 Å². The highest BCUT2D eigenvalue weighted by atomic mass is 16.5. The van der Waals surface area contributed by atoms with Gasteiger partial charge in [0.25, 0.3) is 5.91 Å². The minimum absolute atomic E-state index is 0.215. The Kier molecular flexibility index (Phi) is 3.82. The Morgan fingerprint density at radius 2 is 2.00 bits per heavy atom. The van der Waals surface area contributed by atoms with Gasteiger partial charge in [-0.25, -0.2) is 0 Å². The number of rotatable bonds is 4. The molecule has 0 fully saturated rings. The number of amides is 1. The lowest BCUT2D eigenvalue weighted by Crippen LogP contribution is -2.11. The minimum atomic E-state index is -0.215. The van der Waals surface area contributed by atoms with E-state index in [1.54, 1.807) is 72.9 Å². The van der Waals surface area contributed by atoms with Crippen molar-refractivity contribution < 1.29 is 9.53 Å². The first-order valence-electron chi connectivity index (χ1n) is 6.69. The maximum atomic E-state index is 12.2. The average molecular weight is 294 g/mol. The van der Waals surface area contributed by atoms with Gasteiger partial charge in [0.05, 0.1) is 11.9 Å². The number of nitrogens with one attached hydrogen (secondary N) is 1. The van der Waals surface area contributed by atoms with Gasteiger partial charge in [0.2, 0.25) is 0 Å². The molecule has 22 heavy (non-hydrogen) atoms. The number of pyridine rings is 1. The number of aryl methyl sites for hydroxylation is 1. The molecular formula is C16H14N4O2. The number of hydrogen-bond acceptors (Lipinski definition) is 4. The molecule has 110 valence electrons. The first-order valence-corrected chi connectivity index (χ1v) is 6.69.